The summed E-state index contributed by atoms with van der Waals surface area (Å²) in [7, 11) is 0. The zero-order valence-corrected chi connectivity index (χ0v) is 18.9. The van der Waals surface area contributed by atoms with Crippen LogP contribution in [-0.4, -0.2) is 27.4 Å². The van der Waals surface area contributed by atoms with Crippen molar-refractivity contribution in [2.24, 2.45) is 5.92 Å². The molecule has 33 heavy (non-hydrogen) atoms. The molecule has 0 fully saturated rings. The zero-order valence-electron chi connectivity index (χ0n) is 18.9. The van der Waals surface area contributed by atoms with Gasteiger partial charge in [0.15, 0.2) is 0 Å². The summed E-state index contributed by atoms with van der Waals surface area (Å²) < 4.78 is 1.91. The lowest BCUT2D eigenvalue weighted by Crippen LogP contribution is -2.50. The van der Waals surface area contributed by atoms with Gasteiger partial charge in [-0.1, -0.05) is 74.5 Å². The fourth-order valence-corrected chi connectivity index (χ4v) is 3.90. The van der Waals surface area contributed by atoms with Crippen LogP contribution in [0.5, 0.6) is 0 Å². The Morgan fingerprint density at radius 2 is 1.73 bits per heavy atom. The monoisotopic (exact) mass is 440 g/mol. The summed E-state index contributed by atoms with van der Waals surface area (Å²) >= 11 is 0. The van der Waals surface area contributed by atoms with E-state index < -0.39 is 6.04 Å². The first-order valence-electron chi connectivity index (χ1n) is 11.1. The lowest BCUT2D eigenvalue weighted by atomic mass is 10.0. The molecule has 0 aliphatic heterocycles. The van der Waals surface area contributed by atoms with Crippen LogP contribution in [0.3, 0.4) is 0 Å². The first-order chi connectivity index (χ1) is 16.0. The molecule has 0 aliphatic carbocycles. The molecule has 1 atom stereocenters. The molecular formula is C27H28N4O2. The highest BCUT2D eigenvalue weighted by atomic mass is 16.2. The van der Waals surface area contributed by atoms with Crippen molar-refractivity contribution in [1.29, 1.82) is 0 Å². The lowest BCUT2D eigenvalue weighted by Gasteiger charge is -2.22. The summed E-state index contributed by atoms with van der Waals surface area (Å²) in [5.74, 6) is -0.412. The third-order valence-electron chi connectivity index (χ3n) is 5.67. The van der Waals surface area contributed by atoms with Crippen molar-refractivity contribution in [3.63, 3.8) is 0 Å². The Labute approximate surface area is 193 Å². The van der Waals surface area contributed by atoms with Gasteiger partial charge < -0.3 is 15.2 Å². The molecular weight excluding hydrogens is 412 g/mol. The molecule has 1 heterocycles. The van der Waals surface area contributed by atoms with E-state index in [0.29, 0.717) is 6.54 Å². The summed E-state index contributed by atoms with van der Waals surface area (Å²) in [5.41, 5.74) is 2.84. The maximum atomic E-state index is 13.0. The molecule has 0 spiro atoms. The SMILES string of the molecule is CC(C)C(NC(=O)Cc1ccc2ccccc2c1)C(=O)NCc1ccccc1-n1ccnc1. The minimum atomic E-state index is -0.613. The zero-order chi connectivity index (χ0) is 23.2. The van der Waals surface area contributed by atoms with Crippen LogP contribution in [0.25, 0.3) is 16.5 Å². The Bertz CT molecular complexity index is 1250. The van der Waals surface area contributed by atoms with Crippen LogP contribution in [0, 0.1) is 5.92 Å². The van der Waals surface area contributed by atoms with Crippen molar-refractivity contribution in [1.82, 2.24) is 20.2 Å². The highest BCUT2D eigenvalue weighted by Crippen LogP contribution is 2.17. The van der Waals surface area contributed by atoms with Crippen molar-refractivity contribution >= 4 is 22.6 Å². The largest absolute Gasteiger partial charge is 0.350 e. The van der Waals surface area contributed by atoms with E-state index in [9.17, 15) is 9.59 Å². The number of imidazole rings is 1. The first-order valence-corrected chi connectivity index (χ1v) is 11.1. The third kappa shape index (κ3) is 5.47. The molecule has 1 aromatic heterocycles. The predicted octanol–water partition coefficient (Wildman–Crippen LogP) is 4.03. The predicted molar refractivity (Wildman–Crippen MR) is 130 cm³/mol. The van der Waals surface area contributed by atoms with Gasteiger partial charge in [0.05, 0.1) is 18.4 Å². The molecule has 3 aromatic carbocycles. The van der Waals surface area contributed by atoms with Gasteiger partial charge in [-0.3, -0.25) is 9.59 Å². The van der Waals surface area contributed by atoms with E-state index in [1.54, 1.807) is 12.5 Å². The summed E-state index contributed by atoms with van der Waals surface area (Å²) in [4.78, 5) is 29.8. The molecule has 0 saturated heterocycles. The number of rotatable bonds is 8. The van der Waals surface area contributed by atoms with E-state index in [-0.39, 0.29) is 24.2 Å². The van der Waals surface area contributed by atoms with Gasteiger partial charge in [-0.05, 0) is 33.9 Å². The van der Waals surface area contributed by atoms with E-state index in [1.165, 1.54) is 0 Å². The smallest absolute Gasteiger partial charge is 0.243 e. The molecule has 168 valence electrons. The molecule has 6 nitrogen and oxygen atoms in total. The summed E-state index contributed by atoms with van der Waals surface area (Å²) in [6, 6.07) is 21.3. The van der Waals surface area contributed by atoms with Gasteiger partial charge in [0.25, 0.3) is 0 Å². The fourth-order valence-electron chi connectivity index (χ4n) is 3.90. The number of nitrogens with zero attached hydrogens (tertiary/aromatic N) is 2. The Morgan fingerprint density at radius 1 is 0.970 bits per heavy atom. The number of carbonyl (C=O) groups excluding carboxylic acids is 2. The molecule has 0 radical (unpaired) electrons. The van der Waals surface area contributed by atoms with Crippen molar-refractivity contribution in [2.45, 2.75) is 32.9 Å². The van der Waals surface area contributed by atoms with E-state index >= 15 is 0 Å². The molecule has 0 aliphatic rings. The van der Waals surface area contributed by atoms with Crippen LogP contribution in [0.15, 0.2) is 85.5 Å². The van der Waals surface area contributed by atoms with E-state index in [0.717, 1.165) is 27.6 Å². The number of carbonyl (C=O) groups is 2. The van der Waals surface area contributed by atoms with E-state index in [1.807, 2.05) is 91.3 Å². The topological polar surface area (TPSA) is 76.0 Å². The Hall–Kier alpha value is -3.93. The number of fused-ring (bicyclic) bond motifs is 1. The van der Waals surface area contributed by atoms with Gasteiger partial charge in [-0.2, -0.15) is 0 Å². The fraction of sp³-hybridized carbons (Fsp3) is 0.222. The van der Waals surface area contributed by atoms with Gasteiger partial charge in [0.2, 0.25) is 11.8 Å². The average molecular weight is 441 g/mol. The summed E-state index contributed by atoms with van der Waals surface area (Å²) in [5, 5.41) is 8.14. The number of hydrogen-bond donors (Lipinski definition) is 2. The molecule has 4 rings (SSSR count). The normalized spacial score (nSPS) is 12.0. The van der Waals surface area contributed by atoms with Crippen LogP contribution in [0.2, 0.25) is 0 Å². The lowest BCUT2D eigenvalue weighted by molar-refractivity contribution is -0.129. The Morgan fingerprint density at radius 3 is 2.48 bits per heavy atom. The van der Waals surface area contributed by atoms with E-state index in [2.05, 4.69) is 15.6 Å². The highest BCUT2D eigenvalue weighted by Gasteiger charge is 2.24. The van der Waals surface area contributed by atoms with Crippen LogP contribution in [0.1, 0.15) is 25.0 Å². The molecule has 0 bridgehead atoms. The van der Waals surface area contributed by atoms with Crippen LogP contribution >= 0.6 is 0 Å². The van der Waals surface area contributed by atoms with Gasteiger partial charge >= 0.3 is 0 Å². The Kier molecular flexibility index (Phi) is 6.83. The minimum Gasteiger partial charge on any atom is -0.350 e. The van der Waals surface area contributed by atoms with Crippen LogP contribution in [-0.2, 0) is 22.6 Å². The number of amides is 2. The quantitative estimate of drug-likeness (QED) is 0.434. The molecule has 6 heteroatoms. The second kappa shape index (κ2) is 10.1. The summed E-state index contributed by atoms with van der Waals surface area (Å²) in [6.07, 6.45) is 5.54. The maximum absolute atomic E-state index is 13.0. The summed E-state index contributed by atoms with van der Waals surface area (Å²) in [6.45, 7) is 4.22. The van der Waals surface area contributed by atoms with Gasteiger partial charge in [-0.15, -0.1) is 0 Å². The maximum Gasteiger partial charge on any atom is 0.243 e. The second-order valence-corrected chi connectivity index (χ2v) is 8.46. The van der Waals surface area contributed by atoms with Crippen molar-refractivity contribution in [3.8, 4) is 5.69 Å². The molecule has 2 amide bonds. The van der Waals surface area contributed by atoms with Gasteiger partial charge in [0, 0.05) is 18.9 Å². The molecule has 2 N–H and O–H groups in total. The first kappa shape index (κ1) is 22.3. The molecule has 0 saturated carbocycles. The average Bonchev–Trinajstić information content (AvgIpc) is 3.36. The highest BCUT2D eigenvalue weighted by molar-refractivity contribution is 5.89. The number of benzene rings is 3. The van der Waals surface area contributed by atoms with Crippen molar-refractivity contribution in [3.05, 3.63) is 96.6 Å². The number of nitrogens with one attached hydrogen (secondary N) is 2. The van der Waals surface area contributed by atoms with Crippen LogP contribution in [0.4, 0.5) is 0 Å². The standard InChI is InChI=1S/C27H28N4O2/c1-19(2)26(30-25(32)16-20-11-12-21-7-3-4-8-22(21)15-20)27(33)29-17-23-9-5-6-10-24(23)31-14-13-28-18-31/h3-15,18-19,26H,16-17H2,1-2H3,(H,29,33)(H,30,32). The van der Waals surface area contributed by atoms with Crippen molar-refractivity contribution < 1.29 is 9.59 Å². The third-order valence-corrected chi connectivity index (χ3v) is 5.67. The van der Waals surface area contributed by atoms with E-state index in [4.69, 9.17) is 0 Å². The number of para-hydroxylation sites is 1. The molecule has 4 aromatic rings. The number of hydrogen-bond acceptors (Lipinski definition) is 3. The number of aromatic nitrogens is 2. The van der Waals surface area contributed by atoms with Gasteiger partial charge in [0.1, 0.15) is 6.04 Å². The second-order valence-electron chi connectivity index (χ2n) is 8.46. The van der Waals surface area contributed by atoms with Crippen LogP contribution < -0.4 is 10.6 Å². The van der Waals surface area contributed by atoms with Gasteiger partial charge in [-0.25, -0.2) is 4.98 Å². The minimum absolute atomic E-state index is 0.0468. The molecule has 1 unspecified atom stereocenters. The Balaban J connectivity index is 1.40. The van der Waals surface area contributed by atoms with Crippen molar-refractivity contribution in [2.75, 3.05) is 0 Å².